The molecule has 12 rings (SSSR count). The van der Waals surface area contributed by atoms with Gasteiger partial charge in [-0.25, -0.2) is 0 Å². The first-order valence-corrected chi connectivity index (χ1v) is 23.3. The largest absolute Gasteiger partial charge is 0.310 e. The fourth-order valence-corrected chi connectivity index (χ4v) is 10.9. The van der Waals surface area contributed by atoms with Crippen molar-refractivity contribution in [3.8, 4) is 11.1 Å². The van der Waals surface area contributed by atoms with Crippen molar-refractivity contribution in [2.45, 2.75) is 26.2 Å². The maximum atomic E-state index is 2.45. The molecule has 12 aromatic rings. The summed E-state index contributed by atoms with van der Waals surface area (Å²) < 4.78 is 2.61. The Morgan fingerprint density at radius 3 is 1.15 bits per heavy atom. The maximum Gasteiger partial charge on any atom is 0.0488 e. The molecule has 11 aromatic carbocycles. The predicted molar refractivity (Wildman–Crippen MR) is 283 cm³/mol. The smallest absolute Gasteiger partial charge is 0.0488 e. The second kappa shape index (κ2) is 15.5. The first-order chi connectivity index (χ1) is 31.8. The molecule has 1 aromatic heterocycles. The molecule has 0 aliphatic rings. The Labute approximate surface area is 383 Å². The van der Waals surface area contributed by atoms with E-state index in [9.17, 15) is 0 Å². The first-order valence-electron chi connectivity index (χ1n) is 22.5. The number of nitrogens with zero attached hydrogens (tertiary/aromatic N) is 2. The van der Waals surface area contributed by atoms with Gasteiger partial charge in [-0.3, -0.25) is 0 Å². The molecule has 0 radical (unpaired) electrons. The Hall–Kier alpha value is -7.72. The van der Waals surface area contributed by atoms with Crippen LogP contribution in [0.3, 0.4) is 0 Å². The topological polar surface area (TPSA) is 6.48 Å². The summed E-state index contributed by atoms with van der Waals surface area (Å²) >= 11 is 1.91. The van der Waals surface area contributed by atoms with E-state index in [1.807, 2.05) is 11.3 Å². The summed E-state index contributed by atoms with van der Waals surface area (Å²) in [6.07, 6.45) is 0. The molecule has 0 bridgehead atoms. The van der Waals surface area contributed by atoms with Crippen molar-refractivity contribution >= 4 is 109 Å². The molecular formula is C62H46N2S. The molecule has 0 saturated carbocycles. The molecule has 0 fully saturated rings. The van der Waals surface area contributed by atoms with Gasteiger partial charge in [0, 0.05) is 54.3 Å². The molecule has 65 heavy (non-hydrogen) atoms. The molecule has 0 spiro atoms. The van der Waals surface area contributed by atoms with Gasteiger partial charge in [0.05, 0.1) is 0 Å². The van der Waals surface area contributed by atoms with Crippen LogP contribution >= 0.6 is 11.3 Å². The van der Waals surface area contributed by atoms with Crippen molar-refractivity contribution in [2.75, 3.05) is 9.80 Å². The van der Waals surface area contributed by atoms with Crippen LogP contribution in [0.5, 0.6) is 0 Å². The average Bonchev–Trinajstić information content (AvgIpc) is 3.72. The number of rotatable bonds is 7. The van der Waals surface area contributed by atoms with Crippen LogP contribution in [0.4, 0.5) is 34.1 Å². The molecule has 0 aliphatic carbocycles. The minimum absolute atomic E-state index is 0.0560. The van der Waals surface area contributed by atoms with Crippen LogP contribution in [0, 0.1) is 0 Å². The lowest BCUT2D eigenvalue weighted by atomic mass is 9.87. The van der Waals surface area contributed by atoms with E-state index in [0.717, 1.165) is 39.7 Å². The Kier molecular flexibility index (Phi) is 9.29. The van der Waals surface area contributed by atoms with Crippen molar-refractivity contribution < 1.29 is 0 Å². The van der Waals surface area contributed by atoms with E-state index >= 15 is 0 Å². The van der Waals surface area contributed by atoms with Crippen molar-refractivity contribution in [3.05, 3.63) is 230 Å². The monoisotopic (exact) mass is 850 g/mol. The summed E-state index contributed by atoms with van der Waals surface area (Å²) in [4.78, 5) is 4.90. The van der Waals surface area contributed by atoms with Gasteiger partial charge in [-0.05, 0) is 138 Å². The average molecular weight is 851 g/mol. The van der Waals surface area contributed by atoms with Crippen LogP contribution in [0.1, 0.15) is 26.3 Å². The third kappa shape index (κ3) is 7.06. The first kappa shape index (κ1) is 38.9. The number of hydrogen-bond donors (Lipinski definition) is 0. The molecule has 310 valence electrons. The molecule has 0 saturated heterocycles. The van der Waals surface area contributed by atoms with E-state index in [-0.39, 0.29) is 5.41 Å². The van der Waals surface area contributed by atoms with E-state index in [0.29, 0.717) is 0 Å². The summed E-state index contributed by atoms with van der Waals surface area (Å²) in [5, 5.41) is 12.3. The van der Waals surface area contributed by atoms with Gasteiger partial charge < -0.3 is 9.80 Å². The van der Waals surface area contributed by atoms with Gasteiger partial charge in [-0.15, -0.1) is 11.3 Å². The summed E-state index contributed by atoms with van der Waals surface area (Å²) in [5.41, 5.74) is 10.3. The quantitative estimate of drug-likeness (QED) is 0.158. The number of hydrogen-bond acceptors (Lipinski definition) is 3. The Balaban J connectivity index is 1.16. The molecular weight excluding hydrogens is 805 g/mol. The lowest BCUT2D eigenvalue weighted by molar-refractivity contribution is 0.591. The second-order valence-corrected chi connectivity index (χ2v) is 19.3. The minimum atomic E-state index is 0.0560. The van der Waals surface area contributed by atoms with Crippen LogP contribution in [-0.4, -0.2) is 0 Å². The van der Waals surface area contributed by atoms with E-state index in [2.05, 4.69) is 255 Å². The molecule has 0 aliphatic heterocycles. The summed E-state index contributed by atoms with van der Waals surface area (Å²) in [7, 11) is 0. The van der Waals surface area contributed by atoms with Gasteiger partial charge in [0.1, 0.15) is 0 Å². The van der Waals surface area contributed by atoms with E-state index in [1.165, 1.54) is 74.4 Å². The van der Waals surface area contributed by atoms with Crippen LogP contribution in [0.2, 0.25) is 0 Å². The van der Waals surface area contributed by atoms with Crippen molar-refractivity contribution in [3.63, 3.8) is 0 Å². The third-order valence-corrected chi connectivity index (χ3v) is 14.3. The molecule has 0 atom stereocenters. The van der Waals surface area contributed by atoms with Gasteiger partial charge in [-0.1, -0.05) is 172 Å². The van der Waals surface area contributed by atoms with Crippen LogP contribution in [0.15, 0.2) is 224 Å². The number of thiophene rings is 1. The van der Waals surface area contributed by atoms with Crippen molar-refractivity contribution in [2.24, 2.45) is 0 Å². The van der Waals surface area contributed by atoms with Crippen LogP contribution in [-0.2, 0) is 5.41 Å². The third-order valence-electron chi connectivity index (χ3n) is 13.1. The zero-order valence-electron chi connectivity index (χ0n) is 36.7. The standard InChI is InChI=1S/C62H46N2S/c1-62(2,3)50-27-32-58-59-22-12-21-57(61(59)65-60(58)39-50)49-37-55(63(51-28-23-41-13-4-8-17-45(41)33-51)52-29-24-42-14-5-9-18-46(42)34-52)40-56(38-49)64(53-30-25-43-15-6-10-19-47(43)35-53)54-31-26-44-16-7-11-20-48(44)36-54/h4-40H,1-3H3. The van der Waals surface area contributed by atoms with E-state index in [4.69, 9.17) is 0 Å². The number of benzene rings is 11. The highest BCUT2D eigenvalue weighted by molar-refractivity contribution is 7.26. The predicted octanol–water partition coefficient (Wildman–Crippen LogP) is 18.6. The highest BCUT2D eigenvalue weighted by Gasteiger charge is 2.23. The second-order valence-electron chi connectivity index (χ2n) is 18.3. The van der Waals surface area contributed by atoms with Gasteiger partial charge in [0.15, 0.2) is 0 Å². The van der Waals surface area contributed by atoms with Gasteiger partial charge in [0.2, 0.25) is 0 Å². The zero-order valence-corrected chi connectivity index (χ0v) is 37.5. The van der Waals surface area contributed by atoms with Crippen molar-refractivity contribution in [1.82, 2.24) is 0 Å². The van der Waals surface area contributed by atoms with E-state index in [1.54, 1.807) is 0 Å². The van der Waals surface area contributed by atoms with Crippen molar-refractivity contribution in [1.29, 1.82) is 0 Å². The summed E-state index contributed by atoms with van der Waals surface area (Å²) in [5.74, 6) is 0. The maximum absolute atomic E-state index is 2.45. The van der Waals surface area contributed by atoms with Crippen LogP contribution < -0.4 is 9.80 Å². The molecule has 1 heterocycles. The Morgan fingerprint density at radius 1 is 0.323 bits per heavy atom. The zero-order chi connectivity index (χ0) is 43.6. The molecule has 0 amide bonds. The number of fused-ring (bicyclic) bond motifs is 7. The molecule has 0 unspecified atom stereocenters. The van der Waals surface area contributed by atoms with Crippen LogP contribution in [0.25, 0.3) is 74.4 Å². The lowest BCUT2D eigenvalue weighted by Gasteiger charge is -2.31. The number of anilines is 6. The SMILES string of the molecule is CC(C)(C)c1ccc2c(c1)sc1c(-c3cc(N(c4ccc5ccccc5c4)c4ccc5ccccc5c4)cc(N(c4ccc5ccccc5c4)c4ccc5ccccc5c4)c3)cccc12. The molecule has 2 nitrogen and oxygen atoms in total. The molecule has 3 heteroatoms. The lowest BCUT2D eigenvalue weighted by Crippen LogP contribution is -2.14. The van der Waals surface area contributed by atoms with E-state index < -0.39 is 0 Å². The Bertz CT molecular complexity index is 3460. The normalized spacial score (nSPS) is 11.9. The minimum Gasteiger partial charge on any atom is -0.310 e. The summed E-state index contributed by atoms with van der Waals surface area (Å²) in [6.45, 7) is 6.90. The highest BCUT2D eigenvalue weighted by Crippen LogP contribution is 2.48. The fourth-order valence-electron chi connectivity index (χ4n) is 9.66. The Morgan fingerprint density at radius 2 is 0.738 bits per heavy atom. The molecule has 0 N–H and O–H groups in total. The fraction of sp³-hybridized carbons (Fsp3) is 0.0645. The van der Waals surface area contributed by atoms with Gasteiger partial charge >= 0.3 is 0 Å². The van der Waals surface area contributed by atoms with Gasteiger partial charge in [0.25, 0.3) is 0 Å². The highest BCUT2D eigenvalue weighted by atomic mass is 32.1. The van der Waals surface area contributed by atoms with Gasteiger partial charge in [-0.2, -0.15) is 0 Å². The summed E-state index contributed by atoms with van der Waals surface area (Å²) in [6, 6.07) is 83.2.